The van der Waals surface area contributed by atoms with Crippen LogP contribution in [-0.2, 0) is 18.9 Å². The minimum Gasteiger partial charge on any atom is -0.395 e. The van der Waals surface area contributed by atoms with Crippen molar-refractivity contribution in [2.24, 2.45) is 7.05 Å². The molecule has 19 heavy (non-hydrogen) atoms. The fourth-order valence-corrected chi connectivity index (χ4v) is 2.20. The zero-order valence-corrected chi connectivity index (χ0v) is 10.8. The molecule has 0 bridgehead atoms. The molecule has 2 rings (SSSR count). The minimum atomic E-state index is -0.823. The van der Waals surface area contributed by atoms with Crippen LogP contribution in [0.5, 0.6) is 0 Å². The van der Waals surface area contributed by atoms with Crippen molar-refractivity contribution in [3.63, 3.8) is 0 Å². The zero-order valence-electron chi connectivity index (χ0n) is 10.8. The monoisotopic (exact) mass is 264 g/mol. The molecule has 0 saturated heterocycles. The molecule has 0 aliphatic rings. The normalized spacial score (nSPS) is 11.8. The smallest absolute Gasteiger partial charge is 0.123 e. The molecule has 0 amide bonds. The molecule has 2 aromatic rings. The summed E-state index contributed by atoms with van der Waals surface area (Å²) in [6, 6.07) is 5.85. The molecule has 0 radical (unpaired) electrons. The van der Waals surface area contributed by atoms with E-state index < -0.39 is 5.41 Å². The van der Waals surface area contributed by atoms with E-state index in [-0.39, 0.29) is 19.0 Å². The number of hydrogen-bond acceptors (Lipinski definition) is 3. The van der Waals surface area contributed by atoms with Gasteiger partial charge in [0.1, 0.15) is 5.82 Å². The summed E-state index contributed by atoms with van der Waals surface area (Å²) in [7, 11) is 1.81. The Labute approximate surface area is 111 Å². The highest BCUT2D eigenvalue weighted by molar-refractivity contribution is 5.29. The first-order valence-corrected chi connectivity index (χ1v) is 6.05. The third-order valence-corrected chi connectivity index (χ3v) is 3.36. The summed E-state index contributed by atoms with van der Waals surface area (Å²) in [5, 5.41) is 23.4. The van der Waals surface area contributed by atoms with Gasteiger partial charge in [-0.25, -0.2) is 4.39 Å². The lowest BCUT2D eigenvalue weighted by molar-refractivity contribution is 0.116. The lowest BCUT2D eigenvalue weighted by Crippen LogP contribution is -2.37. The summed E-state index contributed by atoms with van der Waals surface area (Å²) in [6.45, 7) is -0.436. The van der Waals surface area contributed by atoms with Gasteiger partial charge in [-0.3, -0.25) is 4.68 Å². The van der Waals surface area contributed by atoms with Crippen molar-refractivity contribution in [1.29, 1.82) is 0 Å². The predicted octanol–water partition coefficient (Wildman–Crippen LogP) is 1.02. The average Bonchev–Trinajstić information content (AvgIpc) is 2.82. The molecule has 0 fully saturated rings. The Morgan fingerprint density at radius 3 is 2.32 bits per heavy atom. The fourth-order valence-electron chi connectivity index (χ4n) is 2.20. The molecule has 2 N–H and O–H groups in total. The third-order valence-electron chi connectivity index (χ3n) is 3.36. The molecule has 0 unspecified atom stereocenters. The van der Waals surface area contributed by atoms with Crippen LogP contribution in [0.15, 0.2) is 36.7 Å². The zero-order chi connectivity index (χ0) is 13.9. The summed E-state index contributed by atoms with van der Waals surface area (Å²) >= 11 is 0. The van der Waals surface area contributed by atoms with Crippen molar-refractivity contribution in [1.82, 2.24) is 9.78 Å². The number of aryl methyl sites for hydroxylation is 1. The van der Waals surface area contributed by atoms with Gasteiger partial charge in [0.2, 0.25) is 0 Å². The fraction of sp³-hybridized carbons (Fsp3) is 0.357. The summed E-state index contributed by atoms with van der Waals surface area (Å²) < 4.78 is 14.6. The molecule has 1 aromatic heterocycles. The van der Waals surface area contributed by atoms with Gasteiger partial charge in [-0.15, -0.1) is 0 Å². The molecular weight excluding hydrogens is 247 g/mol. The molecule has 4 nitrogen and oxygen atoms in total. The molecule has 0 atom stereocenters. The molecule has 0 aliphatic heterocycles. The van der Waals surface area contributed by atoms with Gasteiger partial charge in [0.05, 0.1) is 19.4 Å². The third kappa shape index (κ3) is 2.83. The van der Waals surface area contributed by atoms with E-state index in [1.807, 2.05) is 6.20 Å². The molecule has 0 spiro atoms. The van der Waals surface area contributed by atoms with Crippen molar-refractivity contribution in [3.8, 4) is 0 Å². The van der Waals surface area contributed by atoms with E-state index in [4.69, 9.17) is 0 Å². The number of nitrogens with zero attached hydrogens (tertiary/aromatic N) is 2. The number of halogens is 1. The maximum atomic E-state index is 13.0. The number of hydrogen-bond donors (Lipinski definition) is 2. The summed E-state index contributed by atoms with van der Waals surface area (Å²) in [4.78, 5) is 0. The second-order valence-electron chi connectivity index (χ2n) is 4.80. The van der Waals surface area contributed by atoms with Crippen molar-refractivity contribution in [2.75, 3.05) is 13.2 Å². The van der Waals surface area contributed by atoms with Gasteiger partial charge >= 0.3 is 0 Å². The largest absolute Gasteiger partial charge is 0.395 e. The van der Waals surface area contributed by atoms with Crippen LogP contribution in [0.2, 0.25) is 0 Å². The molecular formula is C14H17FN2O2. The highest BCUT2D eigenvalue weighted by Crippen LogP contribution is 2.28. The summed E-state index contributed by atoms with van der Waals surface area (Å²) in [5.74, 6) is -0.338. The Morgan fingerprint density at radius 2 is 1.84 bits per heavy atom. The Balaban J connectivity index is 2.33. The Hall–Kier alpha value is -1.72. The number of aromatic nitrogens is 2. The lowest BCUT2D eigenvalue weighted by Gasteiger charge is -2.30. The van der Waals surface area contributed by atoms with Crippen LogP contribution in [0.1, 0.15) is 11.1 Å². The van der Waals surface area contributed by atoms with E-state index >= 15 is 0 Å². The first-order chi connectivity index (χ1) is 9.09. The van der Waals surface area contributed by atoms with Crippen molar-refractivity contribution in [3.05, 3.63) is 53.6 Å². The van der Waals surface area contributed by atoms with Crippen molar-refractivity contribution >= 4 is 0 Å². The second kappa shape index (κ2) is 5.50. The minimum absolute atomic E-state index is 0.218. The molecule has 0 saturated carbocycles. The van der Waals surface area contributed by atoms with Gasteiger partial charge in [0.15, 0.2) is 0 Å². The quantitative estimate of drug-likeness (QED) is 0.848. The maximum absolute atomic E-state index is 13.0. The predicted molar refractivity (Wildman–Crippen MR) is 69.2 cm³/mol. The number of rotatable bonds is 5. The average molecular weight is 264 g/mol. The van der Waals surface area contributed by atoms with Crippen LogP contribution in [0, 0.1) is 5.82 Å². The van der Waals surface area contributed by atoms with Crippen LogP contribution >= 0.6 is 0 Å². The molecule has 1 heterocycles. The number of aliphatic hydroxyl groups excluding tert-OH is 2. The van der Waals surface area contributed by atoms with Gasteiger partial charge in [-0.1, -0.05) is 12.1 Å². The second-order valence-corrected chi connectivity index (χ2v) is 4.80. The van der Waals surface area contributed by atoms with Crippen molar-refractivity contribution < 1.29 is 14.6 Å². The maximum Gasteiger partial charge on any atom is 0.123 e. The van der Waals surface area contributed by atoms with Crippen LogP contribution in [-0.4, -0.2) is 33.2 Å². The molecule has 5 heteroatoms. The topological polar surface area (TPSA) is 58.3 Å². The van der Waals surface area contributed by atoms with Crippen LogP contribution in [0.4, 0.5) is 4.39 Å². The Kier molecular flexibility index (Phi) is 3.97. The van der Waals surface area contributed by atoms with Gasteiger partial charge in [0, 0.05) is 18.7 Å². The first kappa shape index (κ1) is 13.7. The Bertz CT molecular complexity index is 533. The molecule has 102 valence electrons. The highest BCUT2D eigenvalue weighted by atomic mass is 19.1. The summed E-state index contributed by atoms with van der Waals surface area (Å²) in [6.07, 6.45) is 3.98. The number of aliphatic hydroxyl groups is 2. The standard InChI is InChI=1S/C14H17FN2O2/c1-17-8-11(7-16-17)6-14(9-18,10-19)12-2-4-13(15)5-3-12/h2-5,7-8,18-19H,6,9-10H2,1H3. The molecule has 0 aliphatic carbocycles. The van der Waals surface area contributed by atoms with Gasteiger partial charge < -0.3 is 10.2 Å². The lowest BCUT2D eigenvalue weighted by atomic mass is 9.77. The van der Waals surface area contributed by atoms with E-state index in [1.54, 1.807) is 30.1 Å². The van der Waals surface area contributed by atoms with Gasteiger partial charge in [-0.05, 0) is 29.7 Å². The van der Waals surface area contributed by atoms with E-state index in [0.717, 1.165) is 5.56 Å². The SMILES string of the molecule is Cn1cc(CC(CO)(CO)c2ccc(F)cc2)cn1. The van der Waals surface area contributed by atoms with Crippen LogP contribution < -0.4 is 0 Å². The van der Waals surface area contributed by atoms with Gasteiger partial charge in [0.25, 0.3) is 0 Å². The highest BCUT2D eigenvalue weighted by Gasteiger charge is 2.31. The van der Waals surface area contributed by atoms with Gasteiger partial charge in [-0.2, -0.15) is 5.10 Å². The van der Waals surface area contributed by atoms with Crippen LogP contribution in [0.3, 0.4) is 0 Å². The first-order valence-electron chi connectivity index (χ1n) is 6.05. The van der Waals surface area contributed by atoms with Crippen molar-refractivity contribution in [2.45, 2.75) is 11.8 Å². The van der Waals surface area contributed by atoms with E-state index in [0.29, 0.717) is 12.0 Å². The van der Waals surface area contributed by atoms with E-state index in [1.165, 1.54) is 12.1 Å². The summed E-state index contributed by atoms with van der Waals surface area (Å²) in [5.41, 5.74) is 0.800. The van der Waals surface area contributed by atoms with E-state index in [2.05, 4.69) is 5.10 Å². The number of benzene rings is 1. The van der Waals surface area contributed by atoms with Crippen LogP contribution in [0.25, 0.3) is 0 Å². The van der Waals surface area contributed by atoms with E-state index in [9.17, 15) is 14.6 Å². The Morgan fingerprint density at radius 1 is 1.21 bits per heavy atom. The molecule has 1 aromatic carbocycles.